The van der Waals surface area contributed by atoms with Crippen LogP contribution in [0.5, 0.6) is 0 Å². The van der Waals surface area contributed by atoms with Gasteiger partial charge in [0.2, 0.25) is 0 Å². The Hall–Kier alpha value is -6.02. The molecule has 49 heavy (non-hydrogen) atoms. The number of rotatable bonds is 4. The van der Waals surface area contributed by atoms with Crippen LogP contribution < -0.4 is 0 Å². The molecule has 0 atom stereocenters. The Labute approximate surface area is 289 Å². The van der Waals surface area contributed by atoms with Gasteiger partial charge in [0, 0.05) is 25.7 Å². The summed E-state index contributed by atoms with van der Waals surface area (Å²) in [6.45, 7) is 0. The molecule has 0 radical (unpaired) electrons. The van der Waals surface area contributed by atoms with E-state index in [-0.39, 0.29) is 0 Å². The standard InChI is InChI=1S/C48H30S/c1-3-15-31(16-4-1)33-29-30-41(36-20-8-7-19-35(33)36)45-37-21-9-11-23-39(37)46(40-24-12-10-22-38(40)45)44-28-14-27-43-42-26-13-25-34(47(42)49-48(43)44)32-17-5-2-6-18-32/h1-30H. The van der Waals surface area contributed by atoms with Crippen molar-refractivity contribution in [2.75, 3.05) is 0 Å². The van der Waals surface area contributed by atoms with Crippen molar-refractivity contribution < 1.29 is 0 Å². The topological polar surface area (TPSA) is 0 Å². The second-order valence-corrected chi connectivity index (χ2v) is 13.8. The molecule has 0 unspecified atom stereocenters. The Balaban J connectivity index is 1.29. The smallest absolute Gasteiger partial charge is 0.0434 e. The third-order valence-corrected chi connectivity index (χ3v) is 11.4. The van der Waals surface area contributed by atoms with E-state index in [4.69, 9.17) is 0 Å². The lowest BCUT2D eigenvalue weighted by Crippen LogP contribution is -1.92. The molecule has 0 aliphatic carbocycles. The average Bonchev–Trinajstić information content (AvgIpc) is 3.57. The zero-order valence-electron chi connectivity index (χ0n) is 26.7. The summed E-state index contributed by atoms with van der Waals surface area (Å²) < 4.78 is 2.67. The van der Waals surface area contributed by atoms with Crippen LogP contribution in [0.15, 0.2) is 182 Å². The third kappa shape index (κ3) is 4.37. The molecule has 1 heteroatoms. The highest BCUT2D eigenvalue weighted by atomic mass is 32.1. The first kappa shape index (κ1) is 28.0. The lowest BCUT2D eigenvalue weighted by Gasteiger charge is -2.20. The van der Waals surface area contributed by atoms with Crippen LogP contribution in [0.2, 0.25) is 0 Å². The molecule has 0 bridgehead atoms. The number of hydrogen-bond acceptors (Lipinski definition) is 1. The Morgan fingerprint density at radius 2 is 0.592 bits per heavy atom. The van der Waals surface area contributed by atoms with E-state index in [1.165, 1.54) is 97.0 Å². The third-order valence-electron chi connectivity index (χ3n) is 10.1. The first-order valence-corrected chi connectivity index (χ1v) is 17.7. The average molecular weight is 639 g/mol. The van der Waals surface area contributed by atoms with Gasteiger partial charge in [-0.15, -0.1) is 11.3 Å². The van der Waals surface area contributed by atoms with E-state index in [1.807, 2.05) is 11.3 Å². The lowest BCUT2D eigenvalue weighted by molar-refractivity contribution is 1.64. The van der Waals surface area contributed by atoms with Crippen molar-refractivity contribution >= 4 is 63.8 Å². The van der Waals surface area contributed by atoms with E-state index < -0.39 is 0 Å². The highest BCUT2D eigenvalue weighted by Crippen LogP contribution is 2.50. The van der Waals surface area contributed by atoms with Gasteiger partial charge in [-0.25, -0.2) is 0 Å². The Kier molecular flexibility index (Phi) is 6.47. The molecule has 228 valence electrons. The molecule has 10 rings (SSSR count). The predicted molar refractivity (Wildman–Crippen MR) is 214 cm³/mol. The fourth-order valence-corrected chi connectivity index (χ4v) is 9.31. The van der Waals surface area contributed by atoms with Gasteiger partial charge in [0.15, 0.2) is 0 Å². The van der Waals surface area contributed by atoms with Gasteiger partial charge in [-0.3, -0.25) is 0 Å². The summed E-state index contributed by atoms with van der Waals surface area (Å²) in [5.41, 5.74) is 10.2. The van der Waals surface area contributed by atoms with Crippen molar-refractivity contribution in [3.8, 4) is 44.5 Å². The molecule has 1 aromatic heterocycles. The minimum Gasteiger partial charge on any atom is -0.134 e. The van der Waals surface area contributed by atoms with Crippen LogP contribution in [-0.4, -0.2) is 0 Å². The fourth-order valence-electron chi connectivity index (χ4n) is 7.96. The van der Waals surface area contributed by atoms with Gasteiger partial charge in [-0.05, 0) is 71.3 Å². The Bertz CT molecular complexity index is 2800. The fraction of sp³-hybridized carbons (Fsp3) is 0. The maximum atomic E-state index is 2.34. The Morgan fingerprint density at radius 3 is 1.14 bits per heavy atom. The molecule has 0 spiro atoms. The summed E-state index contributed by atoms with van der Waals surface area (Å²) in [6.07, 6.45) is 0. The molecule has 0 saturated carbocycles. The van der Waals surface area contributed by atoms with Crippen molar-refractivity contribution in [1.82, 2.24) is 0 Å². The minimum absolute atomic E-state index is 1.24. The maximum Gasteiger partial charge on any atom is 0.0434 e. The maximum absolute atomic E-state index is 2.34. The van der Waals surface area contributed by atoms with E-state index in [0.29, 0.717) is 0 Å². The molecular formula is C48H30S. The molecule has 1 heterocycles. The molecular weight excluding hydrogens is 609 g/mol. The van der Waals surface area contributed by atoms with Gasteiger partial charge < -0.3 is 0 Å². The van der Waals surface area contributed by atoms with E-state index in [1.54, 1.807) is 0 Å². The van der Waals surface area contributed by atoms with Crippen LogP contribution in [0, 0.1) is 0 Å². The molecule has 9 aromatic carbocycles. The normalized spacial score (nSPS) is 11.7. The number of hydrogen-bond donors (Lipinski definition) is 0. The van der Waals surface area contributed by atoms with Gasteiger partial charge in [0.05, 0.1) is 0 Å². The lowest BCUT2D eigenvalue weighted by atomic mass is 9.83. The molecule has 0 aliphatic heterocycles. The van der Waals surface area contributed by atoms with Crippen molar-refractivity contribution in [2.24, 2.45) is 0 Å². The number of fused-ring (bicyclic) bond motifs is 6. The van der Waals surface area contributed by atoms with E-state index >= 15 is 0 Å². The highest BCUT2D eigenvalue weighted by molar-refractivity contribution is 7.26. The van der Waals surface area contributed by atoms with Gasteiger partial charge >= 0.3 is 0 Å². The van der Waals surface area contributed by atoms with Crippen LogP contribution in [0.25, 0.3) is 97.0 Å². The monoisotopic (exact) mass is 638 g/mol. The Morgan fingerprint density at radius 1 is 0.224 bits per heavy atom. The molecule has 10 aromatic rings. The summed E-state index contributed by atoms with van der Waals surface area (Å²) in [5, 5.41) is 10.3. The molecule has 0 N–H and O–H groups in total. The number of benzene rings is 9. The van der Waals surface area contributed by atoms with E-state index in [9.17, 15) is 0 Å². The van der Waals surface area contributed by atoms with Gasteiger partial charge in [-0.1, -0.05) is 182 Å². The largest absolute Gasteiger partial charge is 0.134 e. The quantitative estimate of drug-likeness (QED) is 0.168. The van der Waals surface area contributed by atoms with Crippen LogP contribution >= 0.6 is 11.3 Å². The van der Waals surface area contributed by atoms with Crippen molar-refractivity contribution in [3.05, 3.63) is 182 Å². The van der Waals surface area contributed by atoms with Crippen molar-refractivity contribution in [1.29, 1.82) is 0 Å². The number of thiophene rings is 1. The SMILES string of the molecule is c1ccc(-c2ccc(-c3c4ccccc4c(-c4cccc5c4sc4c(-c6ccccc6)cccc45)c4ccccc34)c3ccccc23)cc1. The first-order chi connectivity index (χ1) is 24.3. The van der Waals surface area contributed by atoms with Crippen LogP contribution in [0.4, 0.5) is 0 Å². The van der Waals surface area contributed by atoms with Crippen LogP contribution in [0.1, 0.15) is 0 Å². The first-order valence-electron chi connectivity index (χ1n) is 16.9. The molecule has 0 fully saturated rings. The van der Waals surface area contributed by atoms with E-state index in [2.05, 4.69) is 182 Å². The molecule has 0 amide bonds. The predicted octanol–water partition coefficient (Wildman–Crippen LogP) is 14.2. The zero-order chi connectivity index (χ0) is 32.3. The zero-order valence-corrected chi connectivity index (χ0v) is 27.5. The van der Waals surface area contributed by atoms with Crippen molar-refractivity contribution in [3.63, 3.8) is 0 Å². The summed E-state index contributed by atoms with van der Waals surface area (Å²) in [4.78, 5) is 0. The summed E-state index contributed by atoms with van der Waals surface area (Å²) in [6, 6.07) is 66.8. The van der Waals surface area contributed by atoms with Gasteiger partial charge in [0.25, 0.3) is 0 Å². The van der Waals surface area contributed by atoms with Crippen molar-refractivity contribution in [2.45, 2.75) is 0 Å². The highest BCUT2D eigenvalue weighted by Gasteiger charge is 2.21. The minimum atomic E-state index is 1.24. The molecule has 0 saturated heterocycles. The summed E-state index contributed by atoms with van der Waals surface area (Å²) in [7, 11) is 0. The molecule has 0 nitrogen and oxygen atoms in total. The van der Waals surface area contributed by atoms with Crippen LogP contribution in [0.3, 0.4) is 0 Å². The van der Waals surface area contributed by atoms with E-state index in [0.717, 1.165) is 0 Å². The summed E-state index contributed by atoms with van der Waals surface area (Å²) in [5.74, 6) is 0. The van der Waals surface area contributed by atoms with Gasteiger partial charge in [-0.2, -0.15) is 0 Å². The second-order valence-electron chi connectivity index (χ2n) is 12.7. The van der Waals surface area contributed by atoms with Gasteiger partial charge in [0.1, 0.15) is 0 Å². The van der Waals surface area contributed by atoms with Crippen LogP contribution in [-0.2, 0) is 0 Å². The second kappa shape index (κ2) is 11.3. The molecule has 0 aliphatic rings. The summed E-state index contributed by atoms with van der Waals surface area (Å²) >= 11 is 1.92.